The van der Waals surface area contributed by atoms with Gasteiger partial charge in [-0.1, -0.05) is 17.7 Å². The standard InChI is InChI=1S/C19H27NO4/c1-13(2)24-19(23)20(17-10-4-14(3)5-11-17)12-15-6-8-16(9-7-15)18(21)22/h4-5,10-11,13,15-16H,6-9,12H2,1-3H3,(H,21,22). The molecule has 1 fully saturated rings. The second-order valence-corrected chi connectivity index (χ2v) is 6.93. The Morgan fingerprint density at radius 1 is 1.17 bits per heavy atom. The third kappa shape index (κ3) is 4.98. The Balaban J connectivity index is 2.07. The number of ether oxygens (including phenoxy) is 1. The van der Waals surface area contributed by atoms with Crippen molar-refractivity contribution >= 4 is 17.7 Å². The van der Waals surface area contributed by atoms with Crippen LogP contribution in [0.25, 0.3) is 0 Å². The van der Waals surface area contributed by atoms with Gasteiger partial charge in [-0.05, 0) is 64.5 Å². The van der Waals surface area contributed by atoms with E-state index in [-0.39, 0.29) is 18.1 Å². The van der Waals surface area contributed by atoms with Gasteiger partial charge in [0.05, 0.1) is 12.0 Å². The van der Waals surface area contributed by atoms with E-state index < -0.39 is 5.97 Å². The van der Waals surface area contributed by atoms with Gasteiger partial charge in [0.25, 0.3) is 0 Å². The molecule has 1 saturated carbocycles. The first kappa shape index (κ1) is 18.3. The monoisotopic (exact) mass is 333 g/mol. The Morgan fingerprint density at radius 2 is 1.75 bits per heavy atom. The predicted octanol–water partition coefficient (Wildman–Crippen LogP) is 4.24. The summed E-state index contributed by atoms with van der Waals surface area (Å²) in [5.74, 6) is -0.638. The van der Waals surface area contributed by atoms with Crippen molar-refractivity contribution in [3.63, 3.8) is 0 Å². The van der Waals surface area contributed by atoms with Crippen LogP contribution in [-0.4, -0.2) is 29.8 Å². The maximum Gasteiger partial charge on any atom is 0.414 e. The van der Waals surface area contributed by atoms with Crippen molar-refractivity contribution in [2.75, 3.05) is 11.4 Å². The van der Waals surface area contributed by atoms with Crippen LogP contribution in [0, 0.1) is 18.8 Å². The van der Waals surface area contributed by atoms with Gasteiger partial charge in [-0.15, -0.1) is 0 Å². The number of aryl methyl sites for hydroxylation is 1. The average molecular weight is 333 g/mol. The number of amides is 1. The molecular weight excluding hydrogens is 306 g/mol. The summed E-state index contributed by atoms with van der Waals surface area (Å²) in [6, 6.07) is 7.82. The molecule has 0 spiro atoms. The lowest BCUT2D eigenvalue weighted by atomic mass is 9.82. The predicted molar refractivity (Wildman–Crippen MR) is 93.2 cm³/mol. The fourth-order valence-corrected chi connectivity index (χ4v) is 3.13. The quantitative estimate of drug-likeness (QED) is 0.875. The summed E-state index contributed by atoms with van der Waals surface area (Å²) >= 11 is 0. The molecule has 1 aromatic rings. The highest BCUT2D eigenvalue weighted by Crippen LogP contribution is 2.31. The van der Waals surface area contributed by atoms with E-state index in [4.69, 9.17) is 9.84 Å². The molecule has 5 nitrogen and oxygen atoms in total. The zero-order chi connectivity index (χ0) is 17.7. The minimum absolute atomic E-state index is 0.173. The highest BCUT2D eigenvalue weighted by Gasteiger charge is 2.29. The van der Waals surface area contributed by atoms with Gasteiger partial charge in [-0.2, -0.15) is 0 Å². The molecule has 0 heterocycles. The number of carboxylic acids is 1. The number of aliphatic carboxylic acids is 1. The van der Waals surface area contributed by atoms with Crippen LogP contribution < -0.4 is 4.90 Å². The topological polar surface area (TPSA) is 66.8 Å². The van der Waals surface area contributed by atoms with Gasteiger partial charge in [0.15, 0.2) is 0 Å². The van der Waals surface area contributed by atoms with Crippen molar-refractivity contribution in [1.29, 1.82) is 0 Å². The molecule has 0 radical (unpaired) electrons. The summed E-state index contributed by atoms with van der Waals surface area (Å²) in [5.41, 5.74) is 1.96. The molecule has 0 unspecified atom stereocenters. The van der Waals surface area contributed by atoms with Crippen LogP contribution in [0.1, 0.15) is 45.1 Å². The smallest absolute Gasteiger partial charge is 0.414 e. The van der Waals surface area contributed by atoms with Crippen LogP contribution in [0.2, 0.25) is 0 Å². The molecule has 0 atom stereocenters. The van der Waals surface area contributed by atoms with Crippen molar-refractivity contribution in [3.05, 3.63) is 29.8 Å². The molecule has 1 aliphatic carbocycles. The van der Waals surface area contributed by atoms with E-state index in [2.05, 4.69) is 0 Å². The maximum atomic E-state index is 12.5. The van der Waals surface area contributed by atoms with Gasteiger partial charge in [-0.3, -0.25) is 9.69 Å². The first-order valence-electron chi connectivity index (χ1n) is 8.64. The molecule has 1 amide bonds. The number of rotatable bonds is 5. The number of carboxylic acid groups (broad SMARTS) is 1. The fraction of sp³-hybridized carbons (Fsp3) is 0.579. The number of hydrogen-bond acceptors (Lipinski definition) is 3. The second-order valence-electron chi connectivity index (χ2n) is 6.93. The van der Waals surface area contributed by atoms with Crippen LogP contribution in [0.15, 0.2) is 24.3 Å². The Morgan fingerprint density at radius 3 is 2.25 bits per heavy atom. The van der Waals surface area contributed by atoms with Crippen molar-refractivity contribution in [2.45, 2.75) is 52.6 Å². The lowest BCUT2D eigenvalue weighted by Gasteiger charge is -2.31. The zero-order valence-electron chi connectivity index (χ0n) is 14.7. The Bertz CT molecular complexity index is 559. The summed E-state index contributed by atoms with van der Waals surface area (Å²) in [4.78, 5) is 25.3. The van der Waals surface area contributed by atoms with Crippen molar-refractivity contribution < 1.29 is 19.4 Å². The maximum absolute atomic E-state index is 12.5. The van der Waals surface area contributed by atoms with Crippen LogP contribution in [0.4, 0.5) is 10.5 Å². The van der Waals surface area contributed by atoms with Crippen LogP contribution in [-0.2, 0) is 9.53 Å². The van der Waals surface area contributed by atoms with Crippen molar-refractivity contribution in [3.8, 4) is 0 Å². The fourth-order valence-electron chi connectivity index (χ4n) is 3.13. The van der Waals surface area contributed by atoms with E-state index in [1.165, 1.54) is 0 Å². The van der Waals surface area contributed by atoms with E-state index in [0.717, 1.165) is 24.1 Å². The number of carbonyl (C=O) groups is 2. The zero-order valence-corrected chi connectivity index (χ0v) is 14.7. The van der Waals surface area contributed by atoms with Crippen molar-refractivity contribution in [2.24, 2.45) is 11.8 Å². The summed E-state index contributed by atoms with van der Waals surface area (Å²) in [7, 11) is 0. The lowest BCUT2D eigenvalue weighted by molar-refractivity contribution is -0.143. The minimum Gasteiger partial charge on any atom is -0.481 e. The highest BCUT2D eigenvalue weighted by molar-refractivity contribution is 5.87. The van der Waals surface area contributed by atoms with Gasteiger partial charge in [0.1, 0.15) is 0 Å². The largest absolute Gasteiger partial charge is 0.481 e. The van der Waals surface area contributed by atoms with E-state index in [1.54, 1.807) is 4.90 Å². The molecular formula is C19H27NO4. The Hall–Kier alpha value is -2.04. The molecule has 5 heteroatoms. The summed E-state index contributed by atoms with van der Waals surface area (Å²) in [6.07, 6.45) is 2.51. The lowest BCUT2D eigenvalue weighted by Crippen LogP contribution is -2.38. The third-order valence-electron chi connectivity index (χ3n) is 4.54. The summed E-state index contributed by atoms with van der Waals surface area (Å²) < 4.78 is 5.39. The van der Waals surface area contributed by atoms with Crippen LogP contribution in [0.3, 0.4) is 0 Å². The second kappa shape index (κ2) is 8.18. The SMILES string of the molecule is Cc1ccc(N(CC2CCC(C(=O)O)CC2)C(=O)OC(C)C)cc1. The van der Waals surface area contributed by atoms with Gasteiger partial charge < -0.3 is 9.84 Å². The molecule has 24 heavy (non-hydrogen) atoms. The van der Waals surface area contributed by atoms with Gasteiger partial charge in [0.2, 0.25) is 0 Å². The first-order chi connectivity index (χ1) is 11.4. The van der Waals surface area contributed by atoms with Crippen LogP contribution >= 0.6 is 0 Å². The molecule has 2 rings (SSSR count). The molecule has 0 aliphatic heterocycles. The molecule has 1 N–H and O–H groups in total. The summed E-state index contributed by atoms with van der Waals surface area (Å²) in [5, 5.41) is 9.11. The number of carbonyl (C=O) groups excluding carboxylic acids is 1. The number of nitrogens with zero attached hydrogens (tertiary/aromatic N) is 1. The van der Waals surface area contributed by atoms with E-state index in [1.807, 2.05) is 45.0 Å². The van der Waals surface area contributed by atoms with Gasteiger partial charge in [0, 0.05) is 12.2 Å². The third-order valence-corrected chi connectivity index (χ3v) is 4.54. The molecule has 132 valence electrons. The van der Waals surface area contributed by atoms with Crippen molar-refractivity contribution in [1.82, 2.24) is 0 Å². The van der Waals surface area contributed by atoms with Crippen LogP contribution in [0.5, 0.6) is 0 Å². The number of anilines is 1. The molecule has 1 aliphatic rings. The first-order valence-corrected chi connectivity index (χ1v) is 8.64. The van der Waals surface area contributed by atoms with Gasteiger partial charge in [-0.25, -0.2) is 4.79 Å². The minimum atomic E-state index is -0.706. The van der Waals surface area contributed by atoms with Gasteiger partial charge >= 0.3 is 12.1 Å². The Labute approximate surface area is 143 Å². The van der Waals surface area contributed by atoms with E-state index in [0.29, 0.717) is 25.3 Å². The molecule has 1 aromatic carbocycles. The normalized spacial score (nSPS) is 20.7. The van der Waals surface area contributed by atoms with E-state index in [9.17, 15) is 9.59 Å². The number of benzene rings is 1. The summed E-state index contributed by atoms with van der Waals surface area (Å²) in [6.45, 7) is 6.25. The Kier molecular flexibility index (Phi) is 6.23. The van der Waals surface area contributed by atoms with E-state index >= 15 is 0 Å². The average Bonchev–Trinajstić information content (AvgIpc) is 2.53. The molecule has 0 bridgehead atoms. The highest BCUT2D eigenvalue weighted by atomic mass is 16.6. The molecule has 0 saturated heterocycles. The molecule has 0 aromatic heterocycles. The number of hydrogen-bond donors (Lipinski definition) is 1.